The zero-order chi connectivity index (χ0) is 16.4. The summed E-state index contributed by atoms with van der Waals surface area (Å²) in [5.41, 5.74) is 2.53. The summed E-state index contributed by atoms with van der Waals surface area (Å²) >= 11 is 0. The average Bonchev–Trinajstić information content (AvgIpc) is 2.68. The molecule has 3 aromatic rings. The first-order valence-electron chi connectivity index (χ1n) is 8.52. The lowest BCUT2D eigenvalue weighted by molar-refractivity contribution is 0.488. The Morgan fingerprint density at radius 2 is 1.67 bits per heavy atom. The van der Waals surface area contributed by atoms with Crippen LogP contribution < -0.4 is 4.90 Å². The standard InChI is InChI=1S/C21H21N3/c1-16(17-7-3-2-4-8-17)18-11-13-24(14-12-18)21-20-10-6-5-9-19(20)15-22-23-21/h2-10,15,18H,1,11-14H2. The van der Waals surface area contributed by atoms with Crippen LogP contribution in [0.5, 0.6) is 0 Å². The van der Waals surface area contributed by atoms with E-state index in [1.807, 2.05) is 12.3 Å². The number of benzene rings is 2. The van der Waals surface area contributed by atoms with E-state index in [9.17, 15) is 0 Å². The molecule has 0 amide bonds. The van der Waals surface area contributed by atoms with Crippen molar-refractivity contribution in [3.8, 4) is 0 Å². The molecule has 2 aromatic carbocycles. The summed E-state index contributed by atoms with van der Waals surface area (Å²) in [6.07, 6.45) is 4.06. The van der Waals surface area contributed by atoms with Crippen LogP contribution in [0.1, 0.15) is 18.4 Å². The van der Waals surface area contributed by atoms with Gasteiger partial charge in [0.2, 0.25) is 0 Å². The number of nitrogens with zero attached hydrogens (tertiary/aromatic N) is 3. The van der Waals surface area contributed by atoms with Crippen molar-refractivity contribution in [3.63, 3.8) is 0 Å². The smallest absolute Gasteiger partial charge is 0.159 e. The number of anilines is 1. The fourth-order valence-corrected chi connectivity index (χ4v) is 3.57. The van der Waals surface area contributed by atoms with E-state index in [1.165, 1.54) is 16.5 Å². The molecule has 1 saturated heterocycles. The van der Waals surface area contributed by atoms with Crippen molar-refractivity contribution in [2.24, 2.45) is 5.92 Å². The number of piperidine rings is 1. The van der Waals surface area contributed by atoms with E-state index in [2.05, 4.69) is 70.2 Å². The minimum absolute atomic E-state index is 0.548. The van der Waals surface area contributed by atoms with Gasteiger partial charge in [-0.1, -0.05) is 61.2 Å². The topological polar surface area (TPSA) is 29.0 Å². The van der Waals surface area contributed by atoms with Crippen molar-refractivity contribution in [2.45, 2.75) is 12.8 Å². The molecule has 0 unspecified atom stereocenters. The molecular weight excluding hydrogens is 294 g/mol. The molecule has 0 bridgehead atoms. The Morgan fingerprint density at radius 1 is 0.958 bits per heavy atom. The maximum Gasteiger partial charge on any atom is 0.159 e. The van der Waals surface area contributed by atoms with Crippen LogP contribution in [0.15, 0.2) is 67.4 Å². The van der Waals surface area contributed by atoms with Gasteiger partial charge in [-0.15, -0.1) is 5.10 Å². The number of hydrogen-bond donors (Lipinski definition) is 0. The van der Waals surface area contributed by atoms with Gasteiger partial charge in [0.1, 0.15) is 0 Å². The Labute approximate surface area is 142 Å². The number of allylic oxidation sites excluding steroid dienone is 1. The molecule has 0 aliphatic carbocycles. The second-order valence-corrected chi connectivity index (χ2v) is 6.41. The molecule has 2 heterocycles. The Balaban J connectivity index is 1.51. The summed E-state index contributed by atoms with van der Waals surface area (Å²) < 4.78 is 0. The van der Waals surface area contributed by atoms with Crippen LogP contribution in [0.3, 0.4) is 0 Å². The van der Waals surface area contributed by atoms with E-state index in [-0.39, 0.29) is 0 Å². The van der Waals surface area contributed by atoms with Crippen molar-refractivity contribution in [2.75, 3.05) is 18.0 Å². The molecule has 3 nitrogen and oxygen atoms in total. The molecular formula is C21H21N3. The fourth-order valence-electron chi connectivity index (χ4n) is 3.57. The monoisotopic (exact) mass is 315 g/mol. The minimum Gasteiger partial charge on any atom is -0.355 e. The molecule has 1 aliphatic heterocycles. The zero-order valence-electron chi connectivity index (χ0n) is 13.7. The predicted octanol–water partition coefficient (Wildman–Crippen LogP) is 4.56. The quantitative estimate of drug-likeness (QED) is 0.709. The molecule has 0 atom stereocenters. The third-order valence-electron chi connectivity index (χ3n) is 4.98. The first-order valence-corrected chi connectivity index (χ1v) is 8.52. The molecule has 3 heteroatoms. The van der Waals surface area contributed by atoms with Crippen molar-refractivity contribution in [1.29, 1.82) is 0 Å². The highest BCUT2D eigenvalue weighted by molar-refractivity contribution is 5.91. The molecule has 24 heavy (non-hydrogen) atoms. The van der Waals surface area contributed by atoms with E-state index in [0.29, 0.717) is 5.92 Å². The number of hydrogen-bond acceptors (Lipinski definition) is 3. The number of rotatable bonds is 3. The Bertz CT molecular complexity index is 844. The van der Waals surface area contributed by atoms with Gasteiger partial charge >= 0.3 is 0 Å². The van der Waals surface area contributed by atoms with Crippen LogP contribution in [-0.2, 0) is 0 Å². The van der Waals surface area contributed by atoms with E-state index in [4.69, 9.17) is 0 Å². The molecule has 0 spiro atoms. The summed E-state index contributed by atoms with van der Waals surface area (Å²) in [6.45, 7) is 6.35. The first kappa shape index (κ1) is 14.9. The number of aromatic nitrogens is 2. The van der Waals surface area contributed by atoms with Gasteiger partial charge in [0.15, 0.2) is 5.82 Å². The predicted molar refractivity (Wildman–Crippen MR) is 100.0 cm³/mol. The van der Waals surface area contributed by atoms with Gasteiger partial charge in [0, 0.05) is 23.9 Å². The van der Waals surface area contributed by atoms with Gasteiger partial charge in [-0.25, -0.2) is 0 Å². The molecule has 1 aliphatic rings. The number of fused-ring (bicyclic) bond motifs is 1. The SMILES string of the molecule is C=C(c1ccccc1)C1CCN(c2nncc3ccccc23)CC1. The van der Waals surface area contributed by atoms with Crippen LogP contribution in [0.2, 0.25) is 0 Å². The van der Waals surface area contributed by atoms with Gasteiger partial charge in [-0.2, -0.15) is 5.10 Å². The molecule has 0 radical (unpaired) electrons. The van der Waals surface area contributed by atoms with Crippen LogP contribution in [0, 0.1) is 5.92 Å². The lowest BCUT2D eigenvalue weighted by Crippen LogP contribution is -2.34. The van der Waals surface area contributed by atoms with E-state index >= 15 is 0 Å². The highest BCUT2D eigenvalue weighted by Gasteiger charge is 2.23. The molecule has 0 saturated carbocycles. The average molecular weight is 315 g/mol. The first-order chi connectivity index (χ1) is 11.8. The largest absolute Gasteiger partial charge is 0.355 e. The third-order valence-corrected chi connectivity index (χ3v) is 4.98. The molecule has 1 fully saturated rings. The molecule has 120 valence electrons. The lowest BCUT2D eigenvalue weighted by atomic mass is 9.86. The summed E-state index contributed by atoms with van der Waals surface area (Å²) in [5.74, 6) is 1.56. The lowest BCUT2D eigenvalue weighted by Gasteiger charge is -2.34. The molecule has 0 N–H and O–H groups in total. The maximum atomic E-state index is 4.41. The Kier molecular flexibility index (Phi) is 3.99. The second kappa shape index (κ2) is 6.44. The zero-order valence-corrected chi connectivity index (χ0v) is 13.7. The van der Waals surface area contributed by atoms with Gasteiger partial charge in [-0.3, -0.25) is 0 Å². The summed E-state index contributed by atoms with van der Waals surface area (Å²) in [7, 11) is 0. The summed E-state index contributed by atoms with van der Waals surface area (Å²) in [4.78, 5) is 2.37. The Hall–Kier alpha value is -2.68. The Morgan fingerprint density at radius 3 is 2.46 bits per heavy atom. The minimum atomic E-state index is 0.548. The highest BCUT2D eigenvalue weighted by Crippen LogP contribution is 2.33. The third kappa shape index (κ3) is 2.78. The van der Waals surface area contributed by atoms with Crippen LogP contribution in [0.25, 0.3) is 16.3 Å². The van der Waals surface area contributed by atoms with E-state index in [1.54, 1.807) is 0 Å². The second-order valence-electron chi connectivity index (χ2n) is 6.41. The van der Waals surface area contributed by atoms with Gasteiger partial charge in [0.05, 0.1) is 6.20 Å². The highest BCUT2D eigenvalue weighted by atomic mass is 15.3. The van der Waals surface area contributed by atoms with E-state index in [0.717, 1.165) is 37.1 Å². The van der Waals surface area contributed by atoms with Crippen LogP contribution in [0.4, 0.5) is 5.82 Å². The molecule has 4 rings (SSSR count). The van der Waals surface area contributed by atoms with Crippen LogP contribution in [-0.4, -0.2) is 23.3 Å². The van der Waals surface area contributed by atoms with E-state index < -0.39 is 0 Å². The molecule has 1 aromatic heterocycles. The van der Waals surface area contributed by atoms with Crippen molar-refractivity contribution < 1.29 is 0 Å². The van der Waals surface area contributed by atoms with Crippen molar-refractivity contribution in [1.82, 2.24) is 10.2 Å². The van der Waals surface area contributed by atoms with Gasteiger partial charge in [-0.05, 0) is 29.9 Å². The van der Waals surface area contributed by atoms with Crippen LogP contribution >= 0.6 is 0 Å². The fraction of sp³-hybridized carbons (Fsp3) is 0.238. The van der Waals surface area contributed by atoms with Crippen molar-refractivity contribution in [3.05, 3.63) is 72.9 Å². The van der Waals surface area contributed by atoms with Crippen molar-refractivity contribution >= 4 is 22.2 Å². The maximum absolute atomic E-state index is 4.41. The summed E-state index contributed by atoms with van der Waals surface area (Å²) in [5, 5.41) is 10.9. The summed E-state index contributed by atoms with van der Waals surface area (Å²) in [6, 6.07) is 18.9. The van der Waals surface area contributed by atoms with Gasteiger partial charge in [0.25, 0.3) is 0 Å². The van der Waals surface area contributed by atoms with Gasteiger partial charge < -0.3 is 4.90 Å². The normalized spacial score (nSPS) is 15.6.